The van der Waals surface area contributed by atoms with E-state index >= 15 is 0 Å². The first-order valence-corrected chi connectivity index (χ1v) is 8.14. The third-order valence-corrected chi connectivity index (χ3v) is 6.29. The van der Waals surface area contributed by atoms with Crippen molar-refractivity contribution in [2.45, 2.75) is 53.4 Å². The molecule has 21 heavy (non-hydrogen) atoms. The van der Waals surface area contributed by atoms with Crippen LogP contribution < -0.4 is 0 Å². The summed E-state index contributed by atoms with van der Waals surface area (Å²) in [6.45, 7) is 11.1. The van der Waals surface area contributed by atoms with Crippen molar-refractivity contribution in [3.63, 3.8) is 0 Å². The summed E-state index contributed by atoms with van der Waals surface area (Å²) in [5.41, 5.74) is 3.53. The number of Topliss-reactive ketones (excluding diaryl/α,β-unsaturated/α-hetero) is 1. The molecule has 2 aliphatic rings. The Balaban J connectivity index is 1.96. The minimum absolute atomic E-state index is 0.105. The molecule has 2 aliphatic carbocycles. The van der Waals surface area contributed by atoms with Gasteiger partial charge in [-0.25, -0.2) is 0 Å². The van der Waals surface area contributed by atoms with Gasteiger partial charge in [0, 0.05) is 5.41 Å². The van der Waals surface area contributed by atoms with Gasteiger partial charge in [-0.1, -0.05) is 58.9 Å². The lowest BCUT2D eigenvalue weighted by Crippen LogP contribution is -2.32. The highest BCUT2D eigenvalue weighted by Gasteiger charge is 2.63. The average molecular weight is 282 g/mol. The second-order valence-corrected chi connectivity index (χ2v) is 7.90. The Morgan fingerprint density at radius 3 is 2.24 bits per heavy atom. The molecular weight excluding hydrogens is 256 g/mol. The van der Waals surface area contributed by atoms with E-state index in [1.165, 1.54) is 5.56 Å². The van der Waals surface area contributed by atoms with Gasteiger partial charge in [-0.3, -0.25) is 4.79 Å². The molecule has 0 heterocycles. The fourth-order valence-corrected chi connectivity index (χ4v) is 4.25. The molecule has 1 nitrogen and oxygen atoms in total. The van der Waals surface area contributed by atoms with Crippen LogP contribution in [0.4, 0.5) is 0 Å². The summed E-state index contributed by atoms with van der Waals surface area (Å²) in [5.74, 6) is 1.37. The van der Waals surface area contributed by atoms with Gasteiger partial charge in [0.2, 0.25) is 0 Å². The molecule has 2 fully saturated rings. The van der Waals surface area contributed by atoms with E-state index in [4.69, 9.17) is 0 Å². The third-order valence-electron chi connectivity index (χ3n) is 6.29. The van der Waals surface area contributed by atoms with Crippen LogP contribution in [0.1, 0.15) is 64.5 Å². The van der Waals surface area contributed by atoms with Gasteiger partial charge in [0.05, 0.1) is 0 Å². The van der Waals surface area contributed by atoms with E-state index in [0.717, 1.165) is 24.0 Å². The van der Waals surface area contributed by atoms with Gasteiger partial charge >= 0.3 is 0 Å². The zero-order chi connectivity index (χ0) is 15.4. The standard InChI is InChI=1S/C20H26O/c1-13(2)15-8-6-14(7-9-15)12-16-17-10-11-20(5,18(16)21)19(17,3)4/h6-9,12-13,17H,10-11H2,1-5H3. The highest BCUT2D eigenvalue weighted by atomic mass is 16.1. The predicted molar refractivity (Wildman–Crippen MR) is 88.1 cm³/mol. The van der Waals surface area contributed by atoms with E-state index < -0.39 is 0 Å². The molecule has 3 rings (SSSR count). The van der Waals surface area contributed by atoms with Crippen LogP contribution in [0.3, 0.4) is 0 Å². The Morgan fingerprint density at radius 1 is 1.14 bits per heavy atom. The number of carbonyl (C=O) groups excluding carboxylic acids is 1. The van der Waals surface area contributed by atoms with Gasteiger partial charge in [0.15, 0.2) is 5.78 Å². The van der Waals surface area contributed by atoms with Gasteiger partial charge in [-0.15, -0.1) is 0 Å². The van der Waals surface area contributed by atoms with Gasteiger partial charge in [-0.05, 0) is 52.9 Å². The van der Waals surface area contributed by atoms with E-state index in [9.17, 15) is 4.79 Å². The average Bonchev–Trinajstić information content (AvgIpc) is 2.74. The largest absolute Gasteiger partial charge is 0.294 e. The molecule has 1 heteroatoms. The van der Waals surface area contributed by atoms with Crippen molar-refractivity contribution in [1.82, 2.24) is 0 Å². The number of fused-ring (bicyclic) bond motifs is 2. The van der Waals surface area contributed by atoms with E-state index in [1.807, 2.05) is 0 Å². The zero-order valence-electron chi connectivity index (χ0n) is 13.9. The normalized spacial score (nSPS) is 32.4. The van der Waals surface area contributed by atoms with Crippen molar-refractivity contribution < 1.29 is 4.79 Å². The quantitative estimate of drug-likeness (QED) is 0.680. The maximum atomic E-state index is 12.8. The van der Waals surface area contributed by atoms with Gasteiger partial charge < -0.3 is 0 Å². The molecule has 0 N–H and O–H groups in total. The number of carbonyl (C=O) groups is 1. The first kappa shape index (κ1) is 14.6. The van der Waals surface area contributed by atoms with Crippen LogP contribution in [0.15, 0.2) is 29.8 Å². The molecule has 2 atom stereocenters. The van der Waals surface area contributed by atoms with E-state index in [1.54, 1.807) is 0 Å². The lowest BCUT2D eigenvalue weighted by Gasteiger charge is -2.31. The molecule has 0 saturated heterocycles. The summed E-state index contributed by atoms with van der Waals surface area (Å²) in [7, 11) is 0. The summed E-state index contributed by atoms with van der Waals surface area (Å²) in [4.78, 5) is 12.8. The fourth-order valence-electron chi connectivity index (χ4n) is 4.25. The third kappa shape index (κ3) is 1.93. The Bertz CT molecular complexity index is 603. The molecule has 0 aliphatic heterocycles. The number of hydrogen-bond donors (Lipinski definition) is 0. The van der Waals surface area contributed by atoms with Crippen LogP contribution in [0, 0.1) is 16.7 Å². The molecule has 0 amide bonds. The number of ketones is 1. The Morgan fingerprint density at radius 2 is 1.76 bits per heavy atom. The second-order valence-electron chi connectivity index (χ2n) is 7.90. The van der Waals surface area contributed by atoms with Crippen molar-refractivity contribution in [2.75, 3.05) is 0 Å². The number of hydrogen-bond acceptors (Lipinski definition) is 1. The smallest absolute Gasteiger partial charge is 0.165 e. The van der Waals surface area contributed by atoms with Crippen molar-refractivity contribution in [1.29, 1.82) is 0 Å². The minimum atomic E-state index is -0.151. The first-order chi connectivity index (χ1) is 9.77. The first-order valence-electron chi connectivity index (χ1n) is 8.14. The second kappa shape index (κ2) is 4.56. The van der Waals surface area contributed by atoms with Crippen molar-refractivity contribution in [2.24, 2.45) is 16.7 Å². The Labute approximate surface area is 128 Å². The molecule has 2 bridgehead atoms. The Kier molecular flexibility index (Phi) is 3.16. The fraction of sp³-hybridized carbons (Fsp3) is 0.550. The van der Waals surface area contributed by atoms with Crippen LogP contribution in [0.5, 0.6) is 0 Å². The molecule has 0 spiro atoms. The molecule has 2 unspecified atom stereocenters. The molecule has 0 radical (unpaired) electrons. The predicted octanol–water partition coefficient (Wildman–Crippen LogP) is 5.22. The van der Waals surface area contributed by atoms with Gasteiger partial charge in [0.1, 0.15) is 0 Å². The molecule has 2 saturated carbocycles. The number of benzene rings is 1. The van der Waals surface area contributed by atoms with Gasteiger partial charge in [-0.2, -0.15) is 0 Å². The van der Waals surface area contributed by atoms with Crippen LogP contribution in [0.25, 0.3) is 6.08 Å². The lowest BCUT2D eigenvalue weighted by molar-refractivity contribution is -0.125. The van der Waals surface area contributed by atoms with Crippen LogP contribution in [-0.2, 0) is 4.79 Å². The highest BCUT2D eigenvalue weighted by Crippen LogP contribution is 2.65. The van der Waals surface area contributed by atoms with Crippen LogP contribution in [0.2, 0.25) is 0 Å². The molecule has 0 aromatic heterocycles. The summed E-state index contributed by atoms with van der Waals surface area (Å²) in [5, 5.41) is 0. The lowest BCUT2D eigenvalue weighted by atomic mass is 9.70. The SMILES string of the molecule is CC(C)c1ccc(C=C2C(=O)C3(C)CCC2C3(C)C)cc1. The maximum Gasteiger partial charge on any atom is 0.165 e. The van der Waals surface area contributed by atoms with Crippen LogP contribution >= 0.6 is 0 Å². The zero-order valence-corrected chi connectivity index (χ0v) is 13.9. The monoisotopic (exact) mass is 282 g/mol. The van der Waals surface area contributed by atoms with Crippen LogP contribution in [-0.4, -0.2) is 5.78 Å². The van der Waals surface area contributed by atoms with Crippen molar-refractivity contribution in [3.05, 3.63) is 41.0 Å². The molecule has 112 valence electrons. The van der Waals surface area contributed by atoms with E-state index in [2.05, 4.69) is 65.0 Å². The maximum absolute atomic E-state index is 12.8. The van der Waals surface area contributed by atoms with Crippen molar-refractivity contribution >= 4 is 11.9 Å². The summed E-state index contributed by atoms with van der Waals surface area (Å²) >= 11 is 0. The molecule has 1 aromatic carbocycles. The number of allylic oxidation sites excluding steroid dienone is 1. The topological polar surface area (TPSA) is 17.1 Å². The molecule has 1 aromatic rings. The molecular formula is C20H26O. The highest BCUT2D eigenvalue weighted by molar-refractivity contribution is 6.07. The van der Waals surface area contributed by atoms with Gasteiger partial charge in [0.25, 0.3) is 0 Å². The summed E-state index contributed by atoms with van der Waals surface area (Å²) < 4.78 is 0. The van der Waals surface area contributed by atoms with E-state index in [-0.39, 0.29) is 10.8 Å². The summed E-state index contributed by atoms with van der Waals surface area (Å²) in [6, 6.07) is 8.66. The van der Waals surface area contributed by atoms with E-state index in [0.29, 0.717) is 17.6 Å². The minimum Gasteiger partial charge on any atom is -0.294 e. The summed E-state index contributed by atoms with van der Waals surface area (Å²) in [6.07, 6.45) is 4.35. The Hall–Kier alpha value is -1.37. The van der Waals surface area contributed by atoms with Crippen molar-refractivity contribution in [3.8, 4) is 0 Å². The number of rotatable bonds is 2.